The molecule has 4 aliphatic rings. The number of halogens is 1. The molecule has 0 unspecified atom stereocenters. The van der Waals surface area contributed by atoms with Gasteiger partial charge in [0.1, 0.15) is 12.4 Å². The zero-order chi connectivity index (χ0) is 31.6. The molecule has 0 radical (unpaired) electrons. The third-order valence-electron chi connectivity index (χ3n) is 9.95. The monoisotopic (exact) mass is 676 g/mol. The Bertz CT molecular complexity index is 1500. The first-order valence-electron chi connectivity index (χ1n) is 16.1. The Morgan fingerprint density at radius 2 is 1.72 bits per heavy atom. The molecular weight excluding hydrogens is 632 g/mol. The van der Waals surface area contributed by atoms with Gasteiger partial charge in [0.2, 0.25) is 0 Å². The maximum Gasteiger partial charge on any atom is 0.414 e. The molecule has 2 saturated heterocycles. The number of fused-ring (bicyclic) bond motifs is 1. The zero-order valence-electron chi connectivity index (χ0n) is 26.4. The summed E-state index contributed by atoms with van der Waals surface area (Å²) in [6.07, 6.45) is 6.46. The minimum Gasteiger partial charge on any atom is -0.496 e. The van der Waals surface area contributed by atoms with Gasteiger partial charge >= 0.3 is 6.09 Å². The van der Waals surface area contributed by atoms with Crippen LogP contribution in [0.25, 0.3) is 0 Å². The molecule has 252 valence electrons. The number of sulfone groups is 1. The van der Waals surface area contributed by atoms with Crippen molar-refractivity contribution in [1.29, 1.82) is 0 Å². The standard InChI is InChI=1S/C33H44N4O7S.ClH/c1-42-30-22-26(44-36-19-12-27(13-20-36)45(40,41)21-16-33(34)14-4-5-15-33)8-9-28(30)31(38)35-17-10-25(11-18-35)37-29-7-3-2-6-24(29)23-43-32(37)39;/h2-3,6-9,22,25,27H,4-5,10-21,23,34H2,1H3;1H. The molecule has 0 bridgehead atoms. The summed E-state index contributed by atoms with van der Waals surface area (Å²) in [6, 6.07) is 12.9. The van der Waals surface area contributed by atoms with Crippen LogP contribution in [-0.4, -0.2) is 86.3 Å². The largest absolute Gasteiger partial charge is 0.496 e. The van der Waals surface area contributed by atoms with Crippen molar-refractivity contribution in [3.63, 3.8) is 0 Å². The summed E-state index contributed by atoms with van der Waals surface area (Å²) in [5.74, 6) is 0.949. The number of carbonyl (C=O) groups is 2. The van der Waals surface area contributed by atoms with Crippen LogP contribution in [0, 0.1) is 0 Å². The number of benzene rings is 2. The van der Waals surface area contributed by atoms with Gasteiger partial charge in [-0.1, -0.05) is 31.0 Å². The molecule has 3 aliphatic heterocycles. The van der Waals surface area contributed by atoms with E-state index in [4.69, 9.17) is 20.0 Å². The highest BCUT2D eigenvalue weighted by Crippen LogP contribution is 2.34. The fourth-order valence-electron chi connectivity index (χ4n) is 7.20. The predicted molar refractivity (Wildman–Crippen MR) is 177 cm³/mol. The van der Waals surface area contributed by atoms with Crippen molar-refractivity contribution in [3.05, 3.63) is 53.6 Å². The Kier molecular flexibility index (Phi) is 10.7. The quantitative estimate of drug-likeness (QED) is 0.401. The fourth-order valence-corrected chi connectivity index (χ4v) is 9.15. The van der Waals surface area contributed by atoms with E-state index >= 15 is 0 Å². The van der Waals surface area contributed by atoms with Crippen molar-refractivity contribution >= 4 is 39.9 Å². The topological polar surface area (TPSA) is 132 Å². The summed E-state index contributed by atoms with van der Waals surface area (Å²) in [4.78, 5) is 35.8. The highest BCUT2D eigenvalue weighted by Gasteiger charge is 2.37. The van der Waals surface area contributed by atoms with Crippen LogP contribution in [0.4, 0.5) is 10.5 Å². The van der Waals surface area contributed by atoms with Crippen molar-refractivity contribution in [2.24, 2.45) is 5.73 Å². The lowest BCUT2D eigenvalue weighted by atomic mass is 9.96. The van der Waals surface area contributed by atoms with Crippen LogP contribution in [0.15, 0.2) is 42.5 Å². The molecule has 3 fully saturated rings. The second kappa shape index (κ2) is 14.4. The van der Waals surface area contributed by atoms with Crippen LogP contribution in [0.5, 0.6) is 11.5 Å². The van der Waals surface area contributed by atoms with Crippen LogP contribution in [0.1, 0.15) is 73.7 Å². The zero-order valence-corrected chi connectivity index (χ0v) is 28.0. The van der Waals surface area contributed by atoms with E-state index in [0.717, 1.165) is 36.9 Å². The normalized spacial score (nSPS) is 20.9. The summed E-state index contributed by atoms with van der Waals surface area (Å²) < 4.78 is 37.1. The lowest BCUT2D eigenvalue weighted by Gasteiger charge is -2.40. The summed E-state index contributed by atoms with van der Waals surface area (Å²) in [5.41, 5.74) is 8.39. The molecule has 1 saturated carbocycles. The fraction of sp³-hybridized carbons (Fsp3) is 0.576. The van der Waals surface area contributed by atoms with E-state index in [2.05, 4.69) is 0 Å². The van der Waals surface area contributed by atoms with Gasteiger partial charge in [-0.15, -0.1) is 17.5 Å². The Hall–Kier alpha value is -3.06. The van der Waals surface area contributed by atoms with Crippen molar-refractivity contribution in [3.8, 4) is 11.5 Å². The van der Waals surface area contributed by atoms with E-state index < -0.39 is 9.84 Å². The number of nitrogens with two attached hydrogens (primary N) is 1. The van der Waals surface area contributed by atoms with Gasteiger partial charge in [-0.05, 0) is 63.1 Å². The molecule has 2 amide bonds. The molecule has 2 aromatic carbocycles. The molecule has 13 heteroatoms. The number of ether oxygens (including phenoxy) is 2. The maximum absolute atomic E-state index is 13.5. The number of carbonyl (C=O) groups excluding carboxylic acids is 2. The number of rotatable bonds is 9. The molecule has 0 aromatic heterocycles. The number of amides is 2. The molecule has 1 aliphatic carbocycles. The van der Waals surface area contributed by atoms with Gasteiger partial charge in [0.15, 0.2) is 15.6 Å². The van der Waals surface area contributed by atoms with Crippen LogP contribution < -0.4 is 20.2 Å². The van der Waals surface area contributed by atoms with Crippen LogP contribution in [0.3, 0.4) is 0 Å². The first-order chi connectivity index (χ1) is 21.7. The van der Waals surface area contributed by atoms with Crippen LogP contribution in [-0.2, 0) is 21.2 Å². The number of nitrogens with zero attached hydrogens (tertiary/aromatic N) is 3. The molecular formula is C33H45ClN4O7S. The number of hydroxylamine groups is 2. The van der Waals surface area contributed by atoms with E-state index in [9.17, 15) is 18.0 Å². The van der Waals surface area contributed by atoms with E-state index in [1.54, 1.807) is 33.1 Å². The summed E-state index contributed by atoms with van der Waals surface area (Å²) in [5, 5.41) is 1.40. The molecule has 46 heavy (non-hydrogen) atoms. The smallest absolute Gasteiger partial charge is 0.414 e. The second-order valence-corrected chi connectivity index (χ2v) is 15.2. The second-order valence-electron chi connectivity index (χ2n) is 12.8. The first-order valence-corrected chi connectivity index (χ1v) is 17.8. The van der Waals surface area contributed by atoms with Crippen molar-refractivity contribution in [1.82, 2.24) is 9.96 Å². The first kappa shape index (κ1) is 34.3. The molecule has 6 rings (SSSR count). The average molecular weight is 677 g/mol. The van der Waals surface area contributed by atoms with Gasteiger partial charge in [-0.3, -0.25) is 9.69 Å². The molecule has 2 aromatic rings. The Labute approximate surface area is 277 Å². The van der Waals surface area contributed by atoms with E-state index in [0.29, 0.717) is 75.3 Å². The van der Waals surface area contributed by atoms with Gasteiger partial charge in [0.05, 0.1) is 29.4 Å². The lowest BCUT2D eigenvalue weighted by Crippen LogP contribution is -2.50. The van der Waals surface area contributed by atoms with Gasteiger partial charge < -0.3 is 24.9 Å². The maximum atomic E-state index is 13.5. The van der Waals surface area contributed by atoms with Gasteiger partial charge in [0, 0.05) is 49.4 Å². The molecule has 0 spiro atoms. The number of likely N-dealkylation sites (tertiary alicyclic amines) is 1. The Morgan fingerprint density at radius 1 is 1.02 bits per heavy atom. The number of hydrogen-bond acceptors (Lipinski definition) is 9. The van der Waals surface area contributed by atoms with E-state index in [1.807, 2.05) is 24.3 Å². The highest BCUT2D eigenvalue weighted by atomic mass is 35.5. The van der Waals surface area contributed by atoms with Gasteiger partial charge in [0.25, 0.3) is 5.91 Å². The number of cyclic esters (lactones) is 1. The van der Waals surface area contributed by atoms with Gasteiger partial charge in [-0.25, -0.2) is 13.2 Å². The molecule has 11 nitrogen and oxygen atoms in total. The van der Waals surface area contributed by atoms with Crippen LogP contribution in [0.2, 0.25) is 0 Å². The Morgan fingerprint density at radius 3 is 2.41 bits per heavy atom. The number of methoxy groups -OCH3 is 1. The number of piperidine rings is 2. The summed E-state index contributed by atoms with van der Waals surface area (Å²) in [6.45, 7) is 2.26. The molecule has 3 heterocycles. The summed E-state index contributed by atoms with van der Waals surface area (Å²) in [7, 11) is -1.69. The van der Waals surface area contributed by atoms with Crippen molar-refractivity contribution in [2.45, 2.75) is 81.2 Å². The Balaban J connectivity index is 0.00000417. The third-order valence-corrected chi connectivity index (χ3v) is 12.2. The van der Waals surface area contributed by atoms with Crippen LogP contribution >= 0.6 is 12.4 Å². The van der Waals surface area contributed by atoms with Gasteiger partial charge in [-0.2, -0.15) is 0 Å². The SMILES string of the molecule is COc1cc(ON2CCC(S(=O)(=O)CCC3(N)CCCC3)CC2)ccc1C(=O)N1CCC(N2C(=O)OCc3ccccc32)CC1.Cl. The van der Waals surface area contributed by atoms with Crippen molar-refractivity contribution < 1.29 is 32.3 Å². The molecule has 2 N–H and O–H groups in total. The van der Waals surface area contributed by atoms with E-state index in [1.165, 1.54) is 7.11 Å². The average Bonchev–Trinajstić information content (AvgIpc) is 3.50. The molecule has 0 atom stereocenters. The van der Waals surface area contributed by atoms with E-state index in [-0.39, 0.29) is 53.6 Å². The number of para-hydroxylation sites is 1. The minimum absolute atomic E-state index is 0. The third kappa shape index (κ3) is 7.40. The number of hydrogen-bond donors (Lipinski definition) is 1. The summed E-state index contributed by atoms with van der Waals surface area (Å²) >= 11 is 0. The lowest BCUT2D eigenvalue weighted by molar-refractivity contribution is -0.0713. The van der Waals surface area contributed by atoms with Crippen molar-refractivity contribution in [2.75, 3.05) is 43.9 Å². The highest BCUT2D eigenvalue weighted by molar-refractivity contribution is 7.92. The predicted octanol–water partition coefficient (Wildman–Crippen LogP) is 4.71. The minimum atomic E-state index is -3.22. The number of anilines is 1.